The highest BCUT2D eigenvalue weighted by molar-refractivity contribution is 7.91. The molecule has 5 heteroatoms. The van der Waals surface area contributed by atoms with Crippen molar-refractivity contribution in [3.63, 3.8) is 0 Å². The number of ether oxygens (including phenoxy) is 1. The molecular weight excluding hydrogens is 408 g/mol. The van der Waals surface area contributed by atoms with Crippen LogP contribution in [0.5, 0.6) is 0 Å². The SMILES string of the molecule is CCCCOC(=O)Cc1ccc(S(=O)(=O)c2ccc3c(c2)C(C)(C)CCC3(C)C)cc1. The Morgan fingerprint density at radius 3 is 2.10 bits per heavy atom. The van der Waals surface area contributed by atoms with Crippen molar-refractivity contribution >= 4 is 15.8 Å². The van der Waals surface area contributed by atoms with Crippen LogP contribution in [0.3, 0.4) is 0 Å². The summed E-state index contributed by atoms with van der Waals surface area (Å²) >= 11 is 0. The number of rotatable bonds is 7. The quantitative estimate of drug-likeness (QED) is 0.404. The Balaban J connectivity index is 1.85. The smallest absolute Gasteiger partial charge is 0.310 e. The van der Waals surface area contributed by atoms with Crippen LogP contribution < -0.4 is 0 Å². The van der Waals surface area contributed by atoms with Crippen LogP contribution in [-0.2, 0) is 36.6 Å². The highest BCUT2D eigenvalue weighted by Gasteiger charge is 2.37. The molecular formula is C26H34O4S. The third-order valence-corrected chi connectivity index (χ3v) is 8.24. The number of carbonyl (C=O) groups is 1. The summed E-state index contributed by atoms with van der Waals surface area (Å²) in [4.78, 5) is 12.5. The normalized spacial score (nSPS) is 17.1. The molecule has 0 bridgehead atoms. The Labute approximate surface area is 186 Å². The lowest BCUT2D eigenvalue weighted by Crippen LogP contribution is -2.34. The average Bonchev–Trinajstić information content (AvgIpc) is 2.72. The van der Waals surface area contributed by atoms with Crippen molar-refractivity contribution in [2.75, 3.05) is 6.61 Å². The van der Waals surface area contributed by atoms with Crippen LogP contribution in [0.4, 0.5) is 0 Å². The summed E-state index contributed by atoms with van der Waals surface area (Å²) in [5, 5.41) is 0. The number of carbonyl (C=O) groups excluding carboxylic acids is 1. The summed E-state index contributed by atoms with van der Waals surface area (Å²) in [6, 6.07) is 12.1. The molecule has 1 aliphatic rings. The van der Waals surface area contributed by atoms with Crippen LogP contribution in [0.25, 0.3) is 0 Å². The summed E-state index contributed by atoms with van der Waals surface area (Å²) in [5.74, 6) is -0.288. The zero-order valence-electron chi connectivity index (χ0n) is 19.3. The zero-order chi connectivity index (χ0) is 22.9. The number of esters is 1. The van der Waals surface area contributed by atoms with Gasteiger partial charge in [0.25, 0.3) is 0 Å². The third-order valence-electron chi connectivity index (χ3n) is 6.48. The van der Waals surface area contributed by atoms with E-state index < -0.39 is 9.84 Å². The van der Waals surface area contributed by atoms with Crippen molar-refractivity contribution in [1.29, 1.82) is 0 Å². The number of benzene rings is 2. The lowest BCUT2D eigenvalue weighted by molar-refractivity contribution is -0.142. The second-order valence-corrected chi connectivity index (χ2v) is 11.8. The molecule has 0 saturated carbocycles. The maximum Gasteiger partial charge on any atom is 0.310 e. The molecule has 0 spiro atoms. The number of hydrogen-bond acceptors (Lipinski definition) is 4. The van der Waals surface area contributed by atoms with Crippen LogP contribution in [-0.4, -0.2) is 21.0 Å². The summed E-state index contributed by atoms with van der Waals surface area (Å²) in [6.07, 6.45) is 4.07. The van der Waals surface area contributed by atoms with Crippen LogP contribution in [0.1, 0.15) is 77.0 Å². The average molecular weight is 443 g/mol. The Kier molecular flexibility index (Phi) is 6.66. The van der Waals surface area contributed by atoms with Gasteiger partial charge in [0.2, 0.25) is 9.84 Å². The zero-order valence-corrected chi connectivity index (χ0v) is 20.1. The van der Waals surface area contributed by atoms with Gasteiger partial charge in [-0.1, -0.05) is 59.2 Å². The minimum atomic E-state index is -3.64. The molecule has 2 aromatic carbocycles. The highest BCUT2D eigenvalue weighted by atomic mass is 32.2. The fourth-order valence-corrected chi connectivity index (χ4v) is 5.49. The standard InChI is InChI=1S/C26H34O4S/c1-6-7-16-30-24(27)17-19-8-10-20(11-9-19)31(28,29)21-12-13-22-23(18-21)26(4,5)15-14-25(22,2)3/h8-13,18H,6-7,14-17H2,1-5H3. The summed E-state index contributed by atoms with van der Waals surface area (Å²) in [7, 11) is -3.64. The molecule has 1 aliphatic carbocycles. The maximum atomic E-state index is 13.3. The number of fused-ring (bicyclic) bond motifs is 1. The van der Waals surface area contributed by atoms with Crippen molar-refractivity contribution in [2.24, 2.45) is 0 Å². The predicted octanol–water partition coefficient (Wildman–Crippen LogP) is 5.75. The largest absolute Gasteiger partial charge is 0.465 e. The van der Waals surface area contributed by atoms with Crippen molar-refractivity contribution < 1.29 is 17.9 Å². The van der Waals surface area contributed by atoms with Gasteiger partial charge >= 0.3 is 5.97 Å². The monoisotopic (exact) mass is 442 g/mol. The maximum absolute atomic E-state index is 13.3. The molecule has 0 atom stereocenters. The van der Waals surface area contributed by atoms with Crippen molar-refractivity contribution in [3.8, 4) is 0 Å². The van der Waals surface area contributed by atoms with E-state index in [1.807, 2.05) is 19.1 Å². The van der Waals surface area contributed by atoms with Gasteiger partial charge in [-0.3, -0.25) is 4.79 Å². The Bertz CT molecular complexity index is 1050. The molecule has 4 nitrogen and oxygen atoms in total. The van der Waals surface area contributed by atoms with E-state index in [2.05, 4.69) is 27.7 Å². The van der Waals surface area contributed by atoms with Gasteiger partial charge in [-0.15, -0.1) is 0 Å². The lowest BCUT2D eigenvalue weighted by atomic mass is 9.63. The van der Waals surface area contributed by atoms with Gasteiger partial charge in [0.15, 0.2) is 0 Å². The molecule has 0 unspecified atom stereocenters. The van der Waals surface area contributed by atoms with Crippen LogP contribution in [0.2, 0.25) is 0 Å². The number of unbranched alkanes of at least 4 members (excludes halogenated alkanes) is 1. The summed E-state index contributed by atoms with van der Waals surface area (Å²) < 4.78 is 31.8. The minimum Gasteiger partial charge on any atom is -0.465 e. The molecule has 31 heavy (non-hydrogen) atoms. The first kappa shape index (κ1) is 23.5. The van der Waals surface area contributed by atoms with Crippen LogP contribution in [0.15, 0.2) is 52.3 Å². The van der Waals surface area contributed by atoms with E-state index in [9.17, 15) is 13.2 Å². The molecule has 0 N–H and O–H groups in total. The molecule has 3 rings (SSSR count). The molecule has 168 valence electrons. The molecule has 0 aliphatic heterocycles. The van der Waals surface area contributed by atoms with Gasteiger partial charge in [-0.2, -0.15) is 0 Å². The van der Waals surface area contributed by atoms with Crippen LogP contribution in [0, 0.1) is 0 Å². The van der Waals surface area contributed by atoms with Crippen molar-refractivity contribution in [1.82, 2.24) is 0 Å². The first-order valence-corrected chi connectivity index (χ1v) is 12.6. The van der Waals surface area contributed by atoms with Gasteiger partial charge in [0.1, 0.15) is 0 Å². The third kappa shape index (κ3) is 5.03. The topological polar surface area (TPSA) is 60.4 Å². The molecule has 0 saturated heterocycles. The van der Waals surface area contributed by atoms with E-state index in [1.165, 1.54) is 5.56 Å². The van der Waals surface area contributed by atoms with Gasteiger partial charge in [0.05, 0.1) is 22.8 Å². The Hall–Kier alpha value is -2.14. The fourth-order valence-electron chi connectivity index (χ4n) is 4.21. The van der Waals surface area contributed by atoms with Crippen molar-refractivity contribution in [2.45, 2.75) is 87.3 Å². The van der Waals surface area contributed by atoms with Gasteiger partial charge in [0, 0.05) is 0 Å². The molecule has 0 radical (unpaired) electrons. The van der Waals surface area contributed by atoms with E-state index in [1.54, 1.807) is 30.3 Å². The Morgan fingerprint density at radius 1 is 0.903 bits per heavy atom. The summed E-state index contributed by atoms with van der Waals surface area (Å²) in [6.45, 7) is 11.3. The van der Waals surface area contributed by atoms with E-state index in [0.29, 0.717) is 11.5 Å². The van der Waals surface area contributed by atoms with Gasteiger partial charge < -0.3 is 4.74 Å². The predicted molar refractivity (Wildman–Crippen MR) is 123 cm³/mol. The van der Waals surface area contributed by atoms with Crippen molar-refractivity contribution in [3.05, 3.63) is 59.2 Å². The van der Waals surface area contributed by atoms with Crippen LogP contribution >= 0.6 is 0 Å². The number of sulfone groups is 1. The molecule has 0 amide bonds. The molecule has 2 aromatic rings. The first-order valence-electron chi connectivity index (χ1n) is 11.1. The molecule has 0 aromatic heterocycles. The molecule has 0 fully saturated rings. The second-order valence-electron chi connectivity index (χ2n) is 9.87. The van der Waals surface area contributed by atoms with E-state index in [0.717, 1.165) is 36.8 Å². The number of hydrogen-bond donors (Lipinski definition) is 0. The van der Waals surface area contributed by atoms with E-state index >= 15 is 0 Å². The second kappa shape index (κ2) is 8.78. The Morgan fingerprint density at radius 2 is 1.48 bits per heavy atom. The first-order chi connectivity index (χ1) is 14.5. The van der Waals surface area contributed by atoms with Gasteiger partial charge in [-0.05, 0) is 71.0 Å². The highest BCUT2D eigenvalue weighted by Crippen LogP contribution is 2.46. The van der Waals surface area contributed by atoms with E-state index in [4.69, 9.17) is 4.74 Å². The minimum absolute atomic E-state index is 0.0422. The lowest BCUT2D eigenvalue weighted by Gasteiger charge is -2.42. The molecule has 0 heterocycles. The van der Waals surface area contributed by atoms with E-state index in [-0.39, 0.29) is 28.1 Å². The summed E-state index contributed by atoms with van der Waals surface area (Å²) in [5.41, 5.74) is 3.09. The fraction of sp³-hybridized carbons (Fsp3) is 0.500. The van der Waals surface area contributed by atoms with Gasteiger partial charge in [-0.25, -0.2) is 8.42 Å².